The second kappa shape index (κ2) is 8.09. The summed E-state index contributed by atoms with van der Waals surface area (Å²) in [6.45, 7) is 4.11. The molecule has 1 aromatic heterocycles. The van der Waals surface area contributed by atoms with Gasteiger partial charge >= 0.3 is 12.1 Å². The van der Waals surface area contributed by atoms with Crippen molar-refractivity contribution < 1.29 is 19.1 Å². The lowest BCUT2D eigenvalue weighted by Gasteiger charge is -2.14. The fraction of sp³-hybridized carbons (Fsp3) is 0.217. The van der Waals surface area contributed by atoms with E-state index in [2.05, 4.69) is 29.6 Å². The molecule has 1 N–H and O–H groups in total. The molecule has 1 heterocycles. The molecule has 0 unspecified atom stereocenters. The maximum absolute atomic E-state index is 12.5. The van der Waals surface area contributed by atoms with Gasteiger partial charge in [-0.05, 0) is 42.2 Å². The molecular weight excluding hydrogens is 386 g/mol. The molecule has 0 saturated carbocycles. The summed E-state index contributed by atoms with van der Waals surface area (Å²) in [7, 11) is 0. The van der Waals surface area contributed by atoms with Crippen molar-refractivity contribution in [1.29, 1.82) is 0 Å². The molecular formula is C23H21NO4S. The first-order valence-corrected chi connectivity index (χ1v) is 10.3. The van der Waals surface area contributed by atoms with Gasteiger partial charge < -0.3 is 9.47 Å². The number of fused-ring (bicyclic) bond motifs is 3. The summed E-state index contributed by atoms with van der Waals surface area (Å²) in [5.41, 5.74) is 5.01. The Kier molecular flexibility index (Phi) is 5.36. The number of esters is 1. The first-order valence-electron chi connectivity index (χ1n) is 9.48. The lowest BCUT2D eigenvalue weighted by atomic mass is 9.98. The average molecular weight is 407 g/mol. The number of hydrogen-bond acceptors (Lipinski definition) is 5. The Labute approximate surface area is 173 Å². The first kappa shape index (κ1) is 19.2. The van der Waals surface area contributed by atoms with E-state index in [0.717, 1.165) is 16.0 Å². The van der Waals surface area contributed by atoms with E-state index in [4.69, 9.17) is 9.47 Å². The Hall–Kier alpha value is -3.12. The molecule has 0 saturated heterocycles. The quantitative estimate of drug-likeness (QED) is 0.560. The zero-order chi connectivity index (χ0) is 20.4. The van der Waals surface area contributed by atoms with Crippen LogP contribution in [-0.2, 0) is 9.47 Å². The van der Waals surface area contributed by atoms with E-state index in [1.807, 2.05) is 31.2 Å². The number of amides is 1. The minimum Gasteiger partial charge on any atom is -0.462 e. The number of nitrogens with one attached hydrogen (secondary N) is 1. The highest BCUT2D eigenvalue weighted by Gasteiger charge is 2.29. The van der Waals surface area contributed by atoms with Crippen LogP contribution in [-0.4, -0.2) is 25.3 Å². The van der Waals surface area contributed by atoms with Crippen LogP contribution in [0, 0.1) is 6.92 Å². The van der Waals surface area contributed by atoms with Crippen LogP contribution in [0.5, 0.6) is 0 Å². The Balaban J connectivity index is 1.48. The minimum absolute atomic E-state index is 0.0113. The number of hydrogen-bond donors (Lipinski definition) is 1. The SMILES string of the molecule is CCOC(=O)c1cc(C)sc1NC(=O)OCC1c2ccccc2-c2ccccc21. The zero-order valence-corrected chi connectivity index (χ0v) is 17.0. The van der Waals surface area contributed by atoms with Gasteiger partial charge in [0.25, 0.3) is 0 Å². The summed E-state index contributed by atoms with van der Waals surface area (Å²) in [6.07, 6.45) is -0.584. The van der Waals surface area contributed by atoms with Gasteiger partial charge in [-0.15, -0.1) is 11.3 Å². The molecule has 0 aliphatic heterocycles. The molecule has 0 atom stereocenters. The van der Waals surface area contributed by atoms with Gasteiger partial charge in [-0.2, -0.15) is 0 Å². The van der Waals surface area contributed by atoms with Crippen molar-refractivity contribution in [2.75, 3.05) is 18.5 Å². The van der Waals surface area contributed by atoms with Crippen LogP contribution in [0.2, 0.25) is 0 Å². The fourth-order valence-electron chi connectivity index (χ4n) is 3.69. The predicted molar refractivity (Wildman–Crippen MR) is 114 cm³/mol. The minimum atomic E-state index is -0.584. The summed E-state index contributed by atoms with van der Waals surface area (Å²) < 4.78 is 10.6. The third-order valence-electron chi connectivity index (χ3n) is 4.91. The van der Waals surface area contributed by atoms with Crippen LogP contribution in [0.3, 0.4) is 0 Å². The number of benzene rings is 2. The Bertz CT molecular complexity index is 1030. The van der Waals surface area contributed by atoms with Gasteiger partial charge in [0.15, 0.2) is 0 Å². The van der Waals surface area contributed by atoms with Crippen molar-refractivity contribution in [3.63, 3.8) is 0 Å². The highest BCUT2D eigenvalue weighted by atomic mass is 32.1. The summed E-state index contributed by atoms with van der Waals surface area (Å²) >= 11 is 1.32. The molecule has 0 spiro atoms. The third kappa shape index (κ3) is 3.76. The maximum Gasteiger partial charge on any atom is 0.412 e. The average Bonchev–Trinajstić information content (AvgIpc) is 3.24. The topological polar surface area (TPSA) is 64.6 Å². The number of thiophene rings is 1. The molecule has 1 aliphatic rings. The van der Waals surface area contributed by atoms with E-state index < -0.39 is 12.1 Å². The van der Waals surface area contributed by atoms with E-state index in [1.165, 1.54) is 22.5 Å². The van der Waals surface area contributed by atoms with Crippen molar-refractivity contribution in [3.05, 3.63) is 76.2 Å². The molecule has 0 bridgehead atoms. The van der Waals surface area contributed by atoms with Crippen LogP contribution < -0.4 is 5.32 Å². The normalized spacial score (nSPS) is 12.2. The Morgan fingerprint density at radius 1 is 1.00 bits per heavy atom. The molecule has 4 rings (SSSR count). The number of ether oxygens (including phenoxy) is 2. The van der Waals surface area contributed by atoms with Crippen LogP contribution in [0.25, 0.3) is 11.1 Å². The number of carbonyl (C=O) groups excluding carboxylic acids is 2. The van der Waals surface area contributed by atoms with Gasteiger partial charge in [-0.1, -0.05) is 48.5 Å². The van der Waals surface area contributed by atoms with E-state index in [1.54, 1.807) is 13.0 Å². The number of aryl methyl sites for hydroxylation is 1. The van der Waals surface area contributed by atoms with Gasteiger partial charge in [0.05, 0.1) is 12.2 Å². The van der Waals surface area contributed by atoms with Crippen molar-refractivity contribution in [1.82, 2.24) is 0 Å². The Morgan fingerprint density at radius 3 is 2.24 bits per heavy atom. The number of anilines is 1. The predicted octanol–water partition coefficient (Wildman–Crippen LogP) is 5.59. The second-order valence-electron chi connectivity index (χ2n) is 6.77. The van der Waals surface area contributed by atoms with Crippen LogP contribution in [0.4, 0.5) is 9.80 Å². The summed E-state index contributed by atoms with van der Waals surface area (Å²) in [4.78, 5) is 25.5. The molecule has 148 valence electrons. The standard InChI is InChI=1S/C23H21NO4S/c1-3-27-22(25)19-12-14(2)29-21(19)24-23(26)28-13-20-17-10-6-4-8-15(17)16-9-5-7-11-18(16)20/h4-12,20H,3,13H2,1-2H3,(H,24,26). The maximum atomic E-state index is 12.5. The van der Waals surface area contributed by atoms with Crippen molar-refractivity contribution in [3.8, 4) is 11.1 Å². The monoisotopic (exact) mass is 407 g/mol. The largest absolute Gasteiger partial charge is 0.462 e. The number of carbonyl (C=O) groups is 2. The molecule has 3 aromatic rings. The summed E-state index contributed by atoms with van der Waals surface area (Å²) in [6, 6.07) is 18.1. The molecule has 1 aliphatic carbocycles. The van der Waals surface area contributed by atoms with Crippen LogP contribution >= 0.6 is 11.3 Å². The van der Waals surface area contributed by atoms with Gasteiger partial charge in [0.2, 0.25) is 0 Å². The summed E-state index contributed by atoms with van der Waals surface area (Å²) in [5, 5.41) is 3.14. The van der Waals surface area contributed by atoms with Gasteiger partial charge in [-0.25, -0.2) is 9.59 Å². The van der Waals surface area contributed by atoms with Gasteiger partial charge in [0, 0.05) is 10.8 Å². The molecule has 0 radical (unpaired) electrons. The molecule has 2 aromatic carbocycles. The van der Waals surface area contributed by atoms with E-state index in [9.17, 15) is 9.59 Å². The lowest BCUT2D eigenvalue weighted by molar-refractivity contribution is 0.0528. The molecule has 1 amide bonds. The third-order valence-corrected chi connectivity index (χ3v) is 5.88. The van der Waals surface area contributed by atoms with E-state index in [0.29, 0.717) is 10.6 Å². The lowest BCUT2D eigenvalue weighted by Crippen LogP contribution is -2.18. The van der Waals surface area contributed by atoms with E-state index >= 15 is 0 Å². The molecule has 5 nitrogen and oxygen atoms in total. The van der Waals surface area contributed by atoms with Gasteiger partial charge in [0.1, 0.15) is 11.6 Å². The number of rotatable bonds is 5. The fourth-order valence-corrected chi connectivity index (χ4v) is 4.58. The zero-order valence-electron chi connectivity index (χ0n) is 16.2. The van der Waals surface area contributed by atoms with Gasteiger partial charge in [-0.3, -0.25) is 5.32 Å². The van der Waals surface area contributed by atoms with Crippen molar-refractivity contribution in [2.24, 2.45) is 0 Å². The molecule has 6 heteroatoms. The van der Waals surface area contributed by atoms with Crippen molar-refractivity contribution in [2.45, 2.75) is 19.8 Å². The Morgan fingerprint density at radius 2 is 1.62 bits per heavy atom. The molecule has 0 fully saturated rings. The van der Waals surface area contributed by atoms with Crippen LogP contribution in [0.15, 0.2) is 54.6 Å². The van der Waals surface area contributed by atoms with Crippen LogP contribution in [0.1, 0.15) is 39.2 Å². The second-order valence-corrected chi connectivity index (χ2v) is 8.03. The smallest absolute Gasteiger partial charge is 0.412 e. The summed E-state index contributed by atoms with van der Waals surface area (Å²) in [5.74, 6) is -0.464. The highest BCUT2D eigenvalue weighted by Crippen LogP contribution is 2.44. The molecule has 29 heavy (non-hydrogen) atoms. The van der Waals surface area contributed by atoms with E-state index in [-0.39, 0.29) is 19.1 Å². The first-order chi connectivity index (χ1) is 14.1. The highest BCUT2D eigenvalue weighted by molar-refractivity contribution is 7.16. The van der Waals surface area contributed by atoms with Crippen molar-refractivity contribution >= 4 is 28.4 Å².